The van der Waals surface area contributed by atoms with E-state index in [4.69, 9.17) is 4.42 Å². The van der Waals surface area contributed by atoms with Gasteiger partial charge in [0.05, 0.1) is 0 Å². The molecule has 0 spiro atoms. The molecule has 6 aromatic carbocycles. The van der Waals surface area contributed by atoms with Crippen molar-refractivity contribution in [2.45, 2.75) is 0 Å². The molecule has 0 aliphatic rings. The average Bonchev–Trinajstić information content (AvgIpc) is 3.34. The van der Waals surface area contributed by atoms with Crippen LogP contribution in [0.1, 0.15) is 0 Å². The van der Waals surface area contributed by atoms with E-state index in [-0.39, 0.29) is 0 Å². The SMILES string of the molecule is Bc1cccc2oc3cc(-c4ccc(N(c5ccccc5)c5ccccc5)cc4)c4ccccc4c3c12. The molecular weight excluding hydrogens is 449 g/mol. The van der Waals surface area contributed by atoms with Gasteiger partial charge in [-0.25, -0.2) is 0 Å². The highest BCUT2D eigenvalue weighted by Crippen LogP contribution is 2.40. The van der Waals surface area contributed by atoms with Crippen LogP contribution in [0.25, 0.3) is 43.8 Å². The molecule has 0 unspecified atom stereocenters. The van der Waals surface area contributed by atoms with Crippen LogP contribution in [0.3, 0.4) is 0 Å². The van der Waals surface area contributed by atoms with E-state index >= 15 is 0 Å². The van der Waals surface area contributed by atoms with Crippen LogP contribution in [0, 0.1) is 0 Å². The van der Waals surface area contributed by atoms with Crippen LogP contribution < -0.4 is 10.4 Å². The molecule has 1 heterocycles. The predicted molar refractivity (Wildman–Crippen MR) is 160 cm³/mol. The van der Waals surface area contributed by atoms with Gasteiger partial charge in [0.2, 0.25) is 0 Å². The summed E-state index contributed by atoms with van der Waals surface area (Å²) in [6, 6.07) is 47.0. The first kappa shape index (κ1) is 21.5. The Morgan fingerprint density at radius 1 is 0.486 bits per heavy atom. The van der Waals surface area contributed by atoms with Gasteiger partial charge in [-0.15, -0.1) is 0 Å². The van der Waals surface area contributed by atoms with E-state index in [0.29, 0.717) is 0 Å². The average molecular weight is 473 g/mol. The highest BCUT2D eigenvalue weighted by molar-refractivity contribution is 6.43. The van der Waals surface area contributed by atoms with Crippen LogP contribution in [-0.2, 0) is 0 Å². The maximum Gasteiger partial charge on any atom is 0.140 e. The van der Waals surface area contributed by atoms with Crippen LogP contribution in [-0.4, -0.2) is 7.85 Å². The maximum atomic E-state index is 6.37. The Balaban J connectivity index is 1.40. The Morgan fingerprint density at radius 2 is 1.08 bits per heavy atom. The normalized spacial score (nSPS) is 11.4. The fourth-order valence-electron chi connectivity index (χ4n) is 5.48. The lowest BCUT2D eigenvalue weighted by molar-refractivity contribution is 0.669. The van der Waals surface area contributed by atoms with Crippen molar-refractivity contribution in [2.24, 2.45) is 0 Å². The summed E-state index contributed by atoms with van der Waals surface area (Å²) in [7, 11) is 2.16. The third-order valence-electron chi connectivity index (χ3n) is 7.18. The topological polar surface area (TPSA) is 16.4 Å². The molecule has 0 bridgehead atoms. The van der Waals surface area contributed by atoms with Gasteiger partial charge in [-0.2, -0.15) is 0 Å². The van der Waals surface area contributed by atoms with Gasteiger partial charge in [0.15, 0.2) is 0 Å². The highest BCUT2D eigenvalue weighted by atomic mass is 16.3. The summed E-state index contributed by atoms with van der Waals surface area (Å²) in [5.74, 6) is 0. The summed E-state index contributed by atoms with van der Waals surface area (Å²) in [6.45, 7) is 0. The van der Waals surface area contributed by atoms with Crippen molar-refractivity contribution in [2.75, 3.05) is 4.90 Å². The molecule has 174 valence electrons. The van der Waals surface area contributed by atoms with E-state index in [1.807, 2.05) is 0 Å². The van der Waals surface area contributed by atoms with Gasteiger partial charge in [-0.05, 0) is 70.4 Å². The Kier molecular flexibility index (Phi) is 5.07. The molecule has 7 aromatic rings. The number of fused-ring (bicyclic) bond motifs is 5. The standard InChI is InChI=1S/C34H24BNO/c35-30-16-9-17-31-34(30)33-28-15-8-7-14-27(28)29(22-32(33)37-31)23-18-20-26(21-19-23)36(24-10-3-1-4-11-24)25-12-5-2-6-13-25/h1-22H,35H2. The van der Waals surface area contributed by atoms with Crippen LogP contribution in [0.15, 0.2) is 138 Å². The number of rotatable bonds is 4. The van der Waals surface area contributed by atoms with E-state index in [2.05, 4.69) is 146 Å². The number of benzene rings is 6. The summed E-state index contributed by atoms with van der Waals surface area (Å²) in [4.78, 5) is 2.28. The Morgan fingerprint density at radius 3 is 1.76 bits per heavy atom. The number of para-hydroxylation sites is 2. The van der Waals surface area contributed by atoms with E-state index in [9.17, 15) is 0 Å². The minimum Gasteiger partial charge on any atom is -0.456 e. The molecule has 2 nitrogen and oxygen atoms in total. The van der Waals surface area contributed by atoms with E-state index < -0.39 is 0 Å². The zero-order valence-corrected chi connectivity index (χ0v) is 20.6. The molecule has 0 aliphatic carbocycles. The van der Waals surface area contributed by atoms with Gasteiger partial charge < -0.3 is 9.32 Å². The first-order valence-corrected chi connectivity index (χ1v) is 12.6. The van der Waals surface area contributed by atoms with Crippen molar-refractivity contribution in [3.63, 3.8) is 0 Å². The van der Waals surface area contributed by atoms with Crippen molar-refractivity contribution in [1.29, 1.82) is 0 Å². The second-order valence-corrected chi connectivity index (χ2v) is 9.45. The molecule has 0 saturated carbocycles. The third-order valence-corrected chi connectivity index (χ3v) is 7.18. The number of hydrogen-bond acceptors (Lipinski definition) is 2. The van der Waals surface area contributed by atoms with Crippen molar-refractivity contribution in [3.05, 3.63) is 133 Å². The second kappa shape index (κ2) is 8.72. The quantitative estimate of drug-likeness (QED) is 0.240. The first-order chi connectivity index (χ1) is 18.3. The summed E-state index contributed by atoms with van der Waals surface area (Å²) in [6.07, 6.45) is 0. The molecule has 0 fully saturated rings. The minimum atomic E-state index is 0.928. The third kappa shape index (κ3) is 3.59. The van der Waals surface area contributed by atoms with Gasteiger partial charge >= 0.3 is 0 Å². The second-order valence-electron chi connectivity index (χ2n) is 9.45. The summed E-state index contributed by atoms with van der Waals surface area (Å²) in [5.41, 5.74) is 8.83. The zero-order valence-electron chi connectivity index (χ0n) is 20.6. The largest absolute Gasteiger partial charge is 0.456 e. The van der Waals surface area contributed by atoms with Crippen LogP contribution in [0.4, 0.5) is 17.1 Å². The minimum absolute atomic E-state index is 0.928. The molecule has 7 rings (SSSR count). The number of anilines is 3. The Hall–Kier alpha value is -4.76. The molecule has 0 atom stereocenters. The summed E-state index contributed by atoms with van der Waals surface area (Å²) in [5, 5.41) is 4.86. The summed E-state index contributed by atoms with van der Waals surface area (Å²) >= 11 is 0. The molecule has 0 radical (unpaired) electrons. The maximum absolute atomic E-state index is 6.37. The molecular formula is C34H24BNO. The lowest BCUT2D eigenvalue weighted by atomic mass is 9.88. The fourth-order valence-corrected chi connectivity index (χ4v) is 5.48. The summed E-state index contributed by atoms with van der Waals surface area (Å²) < 4.78 is 6.37. The highest BCUT2D eigenvalue weighted by Gasteiger charge is 2.17. The molecule has 1 aromatic heterocycles. The van der Waals surface area contributed by atoms with Gasteiger partial charge in [-0.1, -0.05) is 90.4 Å². The lowest BCUT2D eigenvalue weighted by Gasteiger charge is -2.25. The fraction of sp³-hybridized carbons (Fsp3) is 0. The van der Waals surface area contributed by atoms with Gasteiger partial charge in [-0.3, -0.25) is 0 Å². The molecule has 3 heteroatoms. The molecule has 0 amide bonds. The zero-order chi connectivity index (χ0) is 24.8. The van der Waals surface area contributed by atoms with Gasteiger partial charge in [0.25, 0.3) is 0 Å². The predicted octanol–water partition coefficient (Wildman–Crippen LogP) is 8.13. The Bertz CT molecular complexity index is 1830. The molecule has 0 aliphatic heterocycles. The molecule has 0 saturated heterocycles. The van der Waals surface area contributed by atoms with Crippen LogP contribution in [0.5, 0.6) is 0 Å². The monoisotopic (exact) mass is 473 g/mol. The van der Waals surface area contributed by atoms with Crippen molar-refractivity contribution >= 4 is 63.1 Å². The smallest absolute Gasteiger partial charge is 0.140 e. The number of furan rings is 1. The number of nitrogens with zero attached hydrogens (tertiary/aromatic N) is 1. The van der Waals surface area contributed by atoms with Crippen molar-refractivity contribution < 1.29 is 4.42 Å². The lowest BCUT2D eigenvalue weighted by Crippen LogP contribution is -2.09. The van der Waals surface area contributed by atoms with Crippen LogP contribution in [0.2, 0.25) is 0 Å². The Labute approximate surface area is 216 Å². The van der Waals surface area contributed by atoms with E-state index in [1.165, 1.54) is 38.1 Å². The van der Waals surface area contributed by atoms with E-state index in [0.717, 1.165) is 28.2 Å². The number of hydrogen-bond donors (Lipinski definition) is 0. The molecule has 0 N–H and O–H groups in total. The van der Waals surface area contributed by atoms with Crippen LogP contribution >= 0.6 is 0 Å². The van der Waals surface area contributed by atoms with Gasteiger partial charge in [0.1, 0.15) is 19.0 Å². The molecule has 37 heavy (non-hydrogen) atoms. The van der Waals surface area contributed by atoms with E-state index in [1.54, 1.807) is 0 Å². The van der Waals surface area contributed by atoms with Crippen molar-refractivity contribution in [1.82, 2.24) is 0 Å². The van der Waals surface area contributed by atoms with Gasteiger partial charge in [0, 0.05) is 27.8 Å². The van der Waals surface area contributed by atoms with Crippen molar-refractivity contribution in [3.8, 4) is 11.1 Å². The first-order valence-electron chi connectivity index (χ1n) is 12.6.